The van der Waals surface area contributed by atoms with E-state index < -0.39 is 48.8 Å². The van der Waals surface area contributed by atoms with Gasteiger partial charge in [-0.2, -0.15) is 18.3 Å². The SMILES string of the molecule is Cc1cncc(C(=O)N[C@H](c2cn3ncc(C(NC(=O)CCC(F)(F)F)C4CC4)cc3n2)C2CCC(F)(F)CC2)c1. The normalized spacial score (nSPS) is 19.1. The van der Waals surface area contributed by atoms with Gasteiger partial charge in [-0.25, -0.2) is 18.3 Å². The number of rotatable bonds is 9. The Labute approximate surface area is 233 Å². The van der Waals surface area contributed by atoms with Crippen LogP contribution in [0.4, 0.5) is 22.0 Å². The van der Waals surface area contributed by atoms with Gasteiger partial charge in [0.15, 0.2) is 5.65 Å². The van der Waals surface area contributed by atoms with Crippen molar-refractivity contribution in [2.24, 2.45) is 11.8 Å². The van der Waals surface area contributed by atoms with Crippen LogP contribution in [-0.2, 0) is 4.79 Å². The van der Waals surface area contributed by atoms with E-state index >= 15 is 0 Å². The molecule has 2 saturated carbocycles. The second-order valence-corrected chi connectivity index (χ2v) is 11.2. The number of hydrogen-bond acceptors (Lipinski definition) is 5. The molecule has 2 fully saturated rings. The molecule has 2 amide bonds. The molecule has 2 aliphatic rings. The third-order valence-corrected chi connectivity index (χ3v) is 7.74. The smallest absolute Gasteiger partial charge is 0.349 e. The summed E-state index contributed by atoms with van der Waals surface area (Å²) in [7, 11) is 0. The van der Waals surface area contributed by atoms with Gasteiger partial charge in [-0.3, -0.25) is 14.6 Å². The highest BCUT2D eigenvalue weighted by Crippen LogP contribution is 2.43. The molecule has 13 heteroatoms. The maximum Gasteiger partial charge on any atom is 0.389 e. The molecule has 2 aliphatic carbocycles. The van der Waals surface area contributed by atoms with E-state index in [0.717, 1.165) is 18.4 Å². The zero-order chi connectivity index (χ0) is 29.4. The molecule has 2 atom stereocenters. The van der Waals surface area contributed by atoms with Crippen LogP contribution in [0.1, 0.15) is 90.6 Å². The number of carbonyl (C=O) groups is 2. The number of fused-ring (bicyclic) bond motifs is 1. The average molecular weight is 579 g/mol. The lowest BCUT2D eigenvalue weighted by molar-refractivity contribution is -0.144. The fourth-order valence-electron chi connectivity index (χ4n) is 5.37. The summed E-state index contributed by atoms with van der Waals surface area (Å²) in [4.78, 5) is 34.2. The van der Waals surface area contributed by atoms with Crippen LogP contribution in [0, 0.1) is 18.8 Å². The molecule has 2 N–H and O–H groups in total. The summed E-state index contributed by atoms with van der Waals surface area (Å²) < 4.78 is 67.2. The lowest BCUT2D eigenvalue weighted by Crippen LogP contribution is -2.37. The van der Waals surface area contributed by atoms with Crippen LogP contribution < -0.4 is 10.6 Å². The van der Waals surface area contributed by atoms with E-state index in [0.29, 0.717) is 22.5 Å². The molecule has 220 valence electrons. The highest BCUT2D eigenvalue weighted by Gasteiger charge is 2.40. The lowest BCUT2D eigenvalue weighted by Gasteiger charge is -2.33. The van der Waals surface area contributed by atoms with Crippen molar-refractivity contribution in [2.75, 3.05) is 0 Å². The fourth-order valence-corrected chi connectivity index (χ4v) is 5.37. The number of aryl methyl sites for hydroxylation is 1. The lowest BCUT2D eigenvalue weighted by atomic mass is 9.81. The molecule has 0 aromatic carbocycles. The monoisotopic (exact) mass is 578 g/mol. The van der Waals surface area contributed by atoms with Gasteiger partial charge in [-0.1, -0.05) is 0 Å². The molecule has 0 aliphatic heterocycles. The number of carbonyl (C=O) groups excluding carboxylic acids is 2. The largest absolute Gasteiger partial charge is 0.389 e. The van der Waals surface area contributed by atoms with Crippen LogP contribution >= 0.6 is 0 Å². The quantitative estimate of drug-likeness (QED) is 0.320. The number of pyridine rings is 1. The minimum atomic E-state index is -4.42. The van der Waals surface area contributed by atoms with Gasteiger partial charge >= 0.3 is 6.18 Å². The van der Waals surface area contributed by atoms with Gasteiger partial charge in [0, 0.05) is 31.7 Å². The van der Waals surface area contributed by atoms with Crippen LogP contribution in [0.15, 0.2) is 36.9 Å². The molecule has 41 heavy (non-hydrogen) atoms. The number of nitrogens with one attached hydrogen (secondary N) is 2. The molecule has 3 heterocycles. The van der Waals surface area contributed by atoms with E-state index in [-0.39, 0.29) is 37.5 Å². The first kappa shape index (κ1) is 28.9. The molecule has 1 unspecified atom stereocenters. The van der Waals surface area contributed by atoms with Gasteiger partial charge in [-0.15, -0.1) is 0 Å². The molecule has 0 radical (unpaired) electrons. The van der Waals surface area contributed by atoms with Crippen molar-refractivity contribution in [1.29, 1.82) is 0 Å². The molecular formula is C28H31F5N6O2. The first-order chi connectivity index (χ1) is 19.4. The van der Waals surface area contributed by atoms with E-state index in [1.54, 1.807) is 30.7 Å². The summed E-state index contributed by atoms with van der Waals surface area (Å²) in [6.45, 7) is 1.81. The molecule has 0 saturated heterocycles. The number of halogens is 5. The Kier molecular flexibility index (Phi) is 7.97. The Hall–Kier alpha value is -3.64. The van der Waals surface area contributed by atoms with Crippen molar-refractivity contribution in [3.63, 3.8) is 0 Å². The second kappa shape index (κ2) is 11.3. The number of nitrogens with zero attached hydrogens (tertiary/aromatic N) is 4. The van der Waals surface area contributed by atoms with E-state index in [1.165, 1.54) is 10.7 Å². The standard InChI is InChI=1S/C28H31F5N6O2/c1-16-10-20(13-34-12-16)26(41)38-25(18-4-7-27(29,30)8-5-18)21-15-39-22(36-21)11-19(14-35-39)24(17-2-3-17)37-23(40)6-9-28(31,32)33/h10-15,17-18,24-25H,2-9H2,1H3,(H,37,40)(H,38,41)/t24?,25-/m0/s1. The number of hydrogen-bond donors (Lipinski definition) is 2. The van der Waals surface area contributed by atoms with E-state index in [1.807, 2.05) is 6.92 Å². The Morgan fingerprint density at radius 2 is 1.73 bits per heavy atom. The summed E-state index contributed by atoms with van der Waals surface area (Å²) in [5.41, 5.74) is 2.61. The van der Waals surface area contributed by atoms with Gasteiger partial charge in [0.05, 0.1) is 42.2 Å². The van der Waals surface area contributed by atoms with Crippen LogP contribution in [-0.4, -0.2) is 43.5 Å². The van der Waals surface area contributed by atoms with Crippen LogP contribution in [0.25, 0.3) is 5.65 Å². The number of aromatic nitrogens is 4. The van der Waals surface area contributed by atoms with Crippen molar-refractivity contribution in [2.45, 2.75) is 82.5 Å². The van der Waals surface area contributed by atoms with Gasteiger partial charge in [0.1, 0.15) is 0 Å². The molecule has 5 rings (SSSR count). The number of amides is 2. The van der Waals surface area contributed by atoms with Crippen molar-refractivity contribution in [3.8, 4) is 0 Å². The molecule has 3 aromatic rings. The van der Waals surface area contributed by atoms with Gasteiger partial charge in [-0.05, 0) is 67.7 Å². The summed E-state index contributed by atoms with van der Waals surface area (Å²) in [6.07, 6.45) is 1.42. The van der Waals surface area contributed by atoms with E-state index in [9.17, 15) is 31.5 Å². The average Bonchev–Trinajstić information content (AvgIpc) is 3.66. The third-order valence-electron chi connectivity index (χ3n) is 7.74. The molecule has 0 spiro atoms. The molecule has 0 bridgehead atoms. The predicted molar refractivity (Wildman–Crippen MR) is 138 cm³/mol. The maximum absolute atomic E-state index is 14.0. The first-order valence-electron chi connectivity index (χ1n) is 13.7. The summed E-state index contributed by atoms with van der Waals surface area (Å²) in [6, 6.07) is 2.23. The summed E-state index contributed by atoms with van der Waals surface area (Å²) >= 11 is 0. The second-order valence-electron chi connectivity index (χ2n) is 11.2. The predicted octanol–water partition coefficient (Wildman–Crippen LogP) is 5.64. The number of alkyl halides is 5. The minimum absolute atomic E-state index is 0.0856. The molecular weight excluding hydrogens is 547 g/mol. The third kappa shape index (κ3) is 7.36. The van der Waals surface area contributed by atoms with Gasteiger partial charge < -0.3 is 10.6 Å². The summed E-state index contributed by atoms with van der Waals surface area (Å²) in [5.74, 6) is -4.03. The van der Waals surface area contributed by atoms with Crippen molar-refractivity contribution >= 4 is 17.5 Å². The van der Waals surface area contributed by atoms with Crippen LogP contribution in [0.5, 0.6) is 0 Å². The zero-order valence-corrected chi connectivity index (χ0v) is 22.4. The number of imidazole rings is 1. The highest BCUT2D eigenvalue weighted by atomic mass is 19.4. The molecule has 3 aromatic heterocycles. The highest BCUT2D eigenvalue weighted by molar-refractivity contribution is 5.94. The maximum atomic E-state index is 14.0. The Bertz CT molecular complexity index is 1410. The first-order valence-corrected chi connectivity index (χ1v) is 13.7. The van der Waals surface area contributed by atoms with Gasteiger partial charge in [0.2, 0.25) is 11.8 Å². The fraction of sp³-hybridized carbons (Fsp3) is 0.536. The Morgan fingerprint density at radius 1 is 1.02 bits per heavy atom. The van der Waals surface area contributed by atoms with Crippen LogP contribution in [0.3, 0.4) is 0 Å². The minimum Gasteiger partial charge on any atom is -0.349 e. The van der Waals surface area contributed by atoms with Crippen molar-refractivity contribution in [1.82, 2.24) is 30.2 Å². The Morgan fingerprint density at radius 3 is 2.39 bits per heavy atom. The van der Waals surface area contributed by atoms with E-state index in [2.05, 4.69) is 25.7 Å². The topological polar surface area (TPSA) is 101 Å². The van der Waals surface area contributed by atoms with E-state index in [4.69, 9.17) is 0 Å². The van der Waals surface area contributed by atoms with Crippen LogP contribution in [0.2, 0.25) is 0 Å². The van der Waals surface area contributed by atoms with Crippen molar-refractivity contribution in [3.05, 3.63) is 59.3 Å². The summed E-state index contributed by atoms with van der Waals surface area (Å²) in [5, 5.41) is 10.1. The van der Waals surface area contributed by atoms with Gasteiger partial charge in [0.25, 0.3) is 5.91 Å². The van der Waals surface area contributed by atoms with Crippen molar-refractivity contribution < 1.29 is 31.5 Å². The zero-order valence-electron chi connectivity index (χ0n) is 22.4. The Balaban J connectivity index is 1.39. The molecule has 8 nitrogen and oxygen atoms in total.